The second-order valence-corrected chi connectivity index (χ2v) is 5.67. The van der Waals surface area contributed by atoms with Crippen molar-refractivity contribution in [1.82, 2.24) is 0 Å². The first-order chi connectivity index (χ1) is 6.68. The molecule has 78 valence electrons. The Morgan fingerprint density at radius 2 is 2.00 bits per heavy atom. The molecular formula is C11H18N2O. The van der Waals surface area contributed by atoms with Crippen LogP contribution in [-0.4, -0.2) is 16.5 Å². The molecule has 4 fully saturated rings. The molecule has 0 saturated heterocycles. The first-order valence-corrected chi connectivity index (χ1v) is 5.68. The fraction of sp³-hybridized carbons (Fsp3) is 0.909. The minimum Gasteiger partial charge on any atom is -0.411 e. The first kappa shape index (κ1) is 8.72. The van der Waals surface area contributed by atoms with Crippen LogP contribution in [0.3, 0.4) is 0 Å². The number of fused-ring (bicyclic) bond motifs is 1. The summed E-state index contributed by atoms with van der Waals surface area (Å²) in [7, 11) is 0. The summed E-state index contributed by atoms with van der Waals surface area (Å²) < 4.78 is 0. The maximum atomic E-state index is 9.00. The van der Waals surface area contributed by atoms with Gasteiger partial charge in [-0.25, -0.2) is 0 Å². The summed E-state index contributed by atoms with van der Waals surface area (Å²) in [5.74, 6) is 1.98. The fourth-order valence-electron chi connectivity index (χ4n) is 4.19. The molecule has 4 bridgehead atoms. The third-order valence-electron chi connectivity index (χ3n) is 4.43. The Morgan fingerprint density at radius 1 is 1.21 bits per heavy atom. The van der Waals surface area contributed by atoms with Gasteiger partial charge >= 0.3 is 0 Å². The van der Waals surface area contributed by atoms with Crippen molar-refractivity contribution in [3.05, 3.63) is 0 Å². The highest BCUT2D eigenvalue weighted by Crippen LogP contribution is 2.51. The molecule has 14 heavy (non-hydrogen) atoms. The summed E-state index contributed by atoms with van der Waals surface area (Å²) in [6.07, 6.45) is 6.94. The summed E-state index contributed by atoms with van der Waals surface area (Å²) in [5.41, 5.74) is 7.51. The van der Waals surface area contributed by atoms with Crippen LogP contribution in [0, 0.1) is 17.8 Å². The monoisotopic (exact) mass is 194 g/mol. The first-order valence-electron chi connectivity index (χ1n) is 5.68. The third kappa shape index (κ3) is 1.18. The minimum atomic E-state index is 0.0724. The van der Waals surface area contributed by atoms with Gasteiger partial charge in [0.25, 0.3) is 0 Å². The molecule has 4 unspecified atom stereocenters. The number of nitrogens with two attached hydrogens (primary N) is 1. The van der Waals surface area contributed by atoms with Crippen LogP contribution in [0.2, 0.25) is 0 Å². The average molecular weight is 194 g/mol. The Balaban J connectivity index is 1.99. The van der Waals surface area contributed by atoms with E-state index in [2.05, 4.69) is 5.16 Å². The van der Waals surface area contributed by atoms with Gasteiger partial charge < -0.3 is 10.9 Å². The smallest absolute Gasteiger partial charge is 0.0605 e. The van der Waals surface area contributed by atoms with Gasteiger partial charge in [0.15, 0.2) is 0 Å². The van der Waals surface area contributed by atoms with Crippen LogP contribution < -0.4 is 5.73 Å². The van der Waals surface area contributed by atoms with E-state index in [4.69, 9.17) is 10.9 Å². The Kier molecular flexibility index (Phi) is 1.69. The maximum absolute atomic E-state index is 9.00. The molecule has 4 aliphatic rings. The predicted molar refractivity (Wildman–Crippen MR) is 54.3 cm³/mol. The van der Waals surface area contributed by atoms with Crippen molar-refractivity contribution in [2.75, 3.05) is 0 Å². The molecule has 0 amide bonds. The van der Waals surface area contributed by atoms with Crippen molar-refractivity contribution in [2.24, 2.45) is 28.6 Å². The molecule has 0 spiro atoms. The molecule has 0 aliphatic heterocycles. The van der Waals surface area contributed by atoms with Gasteiger partial charge in [-0.2, -0.15) is 0 Å². The van der Waals surface area contributed by atoms with Gasteiger partial charge in [0.1, 0.15) is 0 Å². The zero-order chi connectivity index (χ0) is 9.76. The van der Waals surface area contributed by atoms with E-state index in [9.17, 15) is 0 Å². The van der Waals surface area contributed by atoms with Gasteiger partial charge in [-0.1, -0.05) is 5.16 Å². The van der Waals surface area contributed by atoms with Crippen molar-refractivity contribution >= 4 is 5.71 Å². The van der Waals surface area contributed by atoms with E-state index in [1.165, 1.54) is 19.3 Å². The zero-order valence-corrected chi connectivity index (χ0v) is 8.45. The second-order valence-electron chi connectivity index (χ2n) is 5.67. The van der Waals surface area contributed by atoms with Crippen LogP contribution in [0.15, 0.2) is 5.16 Å². The summed E-state index contributed by atoms with van der Waals surface area (Å²) >= 11 is 0. The van der Waals surface area contributed by atoms with Crippen LogP contribution in [0.25, 0.3) is 0 Å². The highest BCUT2D eigenvalue weighted by molar-refractivity contribution is 5.87. The van der Waals surface area contributed by atoms with E-state index >= 15 is 0 Å². The van der Waals surface area contributed by atoms with Gasteiger partial charge in [0.2, 0.25) is 0 Å². The number of hydrogen-bond donors (Lipinski definition) is 2. The van der Waals surface area contributed by atoms with Gasteiger partial charge in [-0.15, -0.1) is 0 Å². The van der Waals surface area contributed by atoms with Crippen molar-refractivity contribution in [3.8, 4) is 0 Å². The number of nitrogens with zero attached hydrogens (tertiary/aromatic N) is 1. The maximum Gasteiger partial charge on any atom is 0.0605 e. The Labute approximate surface area is 84.4 Å². The van der Waals surface area contributed by atoms with E-state index in [1.807, 2.05) is 0 Å². The molecule has 0 aromatic heterocycles. The van der Waals surface area contributed by atoms with Crippen LogP contribution in [0.4, 0.5) is 0 Å². The molecule has 4 aliphatic carbocycles. The van der Waals surface area contributed by atoms with E-state index < -0.39 is 0 Å². The van der Waals surface area contributed by atoms with Gasteiger partial charge in [0.05, 0.1) is 5.71 Å². The van der Waals surface area contributed by atoms with Crippen molar-refractivity contribution in [3.63, 3.8) is 0 Å². The second kappa shape index (κ2) is 2.72. The summed E-state index contributed by atoms with van der Waals surface area (Å²) in [6.45, 7) is 0. The van der Waals surface area contributed by atoms with E-state index in [0.29, 0.717) is 11.8 Å². The standard InChI is InChI=1S/C11H18N2O/c12-11-4-7-1-8(5-11)3-10(13-14)9(2-7)6-11/h7-9,14H,1-6,12H2/b13-10+. The topological polar surface area (TPSA) is 58.6 Å². The Bertz CT molecular complexity index is 289. The Hall–Kier alpha value is -0.570. The quantitative estimate of drug-likeness (QED) is 0.456. The van der Waals surface area contributed by atoms with Crippen LogP contribution in [0.5, 0.6) is 0 Å². The highest BCUT2D eigenvalue weighted by atomic mass is 16.4. The molecule has 0 aromatic carbocycles. The lowest BCUT2D eigenvalue weighted by Crippen LogP contribution is -2.50. The molecule has 4 saturated carbocycles. The van der Waals surface area contributed by atoms with E-state index in [-0.39, 0.29) is 5.54 Å². The lowest BCUT2D eigenvalue weighted by molar-refractivity contribution is 0.109. The molecule has 3 heteroatoms. The number of rotatable bonds is 0. The fourth-order valence-corrected chi connectivity index (χ4v) is 4.19. The highest BCUT2D eigenvalue weighted by Gasteiger charge is 2.48. The lowest BCUT2D eigenvalue weighted by Gasteiger charge is -2.45. The lowest BCUT2D eigenvalue weighted by atomic mass is 9.63. The van der Waals surface area contributed by atoms with Crippen molar-refractivity contribution in [1.29, 1.82) is 0 Å². The van der Waals surface area contributed by atoms with E-state index in [1.54, 1.807) is 0 Å². The largest absolute Gasteiger partial charge is 0.411 e. The average Bonchev–Trinajstić information content (AvgIpc) is 2.26. The molecule has 0 aromatic rings. The SMILES string of the molecule is NC12CC3C/C(=N\O)C(CC(C3)C1)C2. The molecule has 0 radical (unpaired) electrons. The van der Waals surface area contributed by atoms with Crippen LogP contribution in [0.1, 0.15) is 38.5 Å². The zero-order valence-electron chi connectivity index (χ0n) is 8.45. The van der Waals surface area contributed by atoms with Crippen LogP contribution >= 0.6 is 0 Å². The molecular weight excluding hydrogens is 176 g/mol. The summed E-state index contributed by atoms with van der Waals surface area (Å²) in [6, 6.07) is 0. The summed E-state index contributed by atoms with van der Waals surface area (Å²) in [4.78, 5) is 0. The van der Waals surface area contributed by atoms with E-state index in [0.717, 1.165) is 30.9 Å². The molecule has 3 N–H and O–H groups in total. The minimum absolute atomic E-state index is 0.0724. The molecule has 4 rings (SSSR count). The molecule has 3 nitrogen and oxygen atoms in total. The van der Waals surface area contributed by atoms with Gasteiger partial charge in [0, 0.05) is 11.5 Å². The normalized spacial score (nSPS) is 53.8. The number of oxime groups is 1. The third-order valence-corrected chi connectivity index (χ3v) is 4.43. The van der Waals surface area contributed by atoms with Gasteiger partial charge in [-0.05, 0) is 50.4 Å². The van der Waals surface area contributed by atoms with Crippen LogP contribution in [-0.2, 0) is 0 Å². The summed E-state index contributed by atoms with van der Waals surface area (Å²) in [5, 5.41) is 12.5. The Morgan fingerprint density at radius 3 is 2.71 bits per heavy atom. The number of hydrogen-bond acceptors (Lipinski definition) is 3. The predicted octanol–water partition coefficient (Wildman–Crippen LogP) is 1.74. The molecule has 0 heterocycles. The molecule has 4 atom stereocenters. The van der Waals surface area contributed by atoms with Gasteiger partial charge in [-0.3, -0.25) is 0 Å². The van der Waals surface area contributed by atoms with Crippen molar-refractivity contribution in [2.45, 2.75) is 44.1 Å². The van der Waals surface area contributed by atoms with Crippen molar-refractivity contribution < 1.29 is 5.21 Å².